The molecular weight excluding hydrogens is 242 g/mol. The first kappa shape index (κ1) is 13.5. The van der Waals surface area contributed by atoms with Crippen LogP contribution in [-0.2, 0) is 11.3 Å². The van der Waals surface area contributed by atoms with E-state index in [0.717, 1.165) is 5.56 Å². The molecule has 0 saturated carbocycles. The molecule has 17 heavy (non-hydrogen) atoms. The van der Waals surface area contributed by atoms with Crippen molar-refractivity contribution >= 4 is 29.9 Å². The summed E-state index contributed by atoms with van der Waals surface area (Å²) in [6, 6.07) is 4.68. The van der Waals surface area contributed by atoms with Gasteiger partial charge in [-0.05, 0) is 24.6 Å². The molecule has 0 saturated heterocycles. The van der Waals surface area contributed by atoms with Crippen LogP contribution < -0.4 is 16.4 Å². The van der Waals surface area contributed by atoms with Crippen LogP contribution in [0.1, 0.15) is 22.8 Å². The largest absolute Gasteiger partial charge is 0.348 e. The monoisotopic (exact) mass is 255 g/mol. The van der Waals surface area contributed by atoms with Crippen LogP contribution in [0.3, 0.4) is 0 Å². The third-order valence-electron chi connectivity index (χ3n) is 2.47. The molecule has 1 aliphatic heterocycles. The zero-order chi connectivity index (χ0) is 11.7. The van der Waals surface area contributed by atoms with E-state index in [1.807, 2.05) is 6.07 Å². The summed E-state index contributed by atoms with van der Waals surface area (Å²) in [5.74, 6) is -0.370. The molecule has 0 radical (unpaired) electrons. The van der Waals surface area contributed by atoms with E-state index in [-0.39, 0.29) is 24.2 Å². The van der Waals surface area contributed by atoms with Gasteiger partial charge in [-0.1, -0.05) is 6.07 Å². The maximum absolute atomic E-state index is 11.4. The predicted molar refractivity (Wildman–Crippen MR) is 67.1 cm³/mol. The molecule has 1 aromatic rings. The Morgan fingerprint density at radius 2 is 2.24 bits per heavy atom. The van der Waals surface area contributed by atoms with Crippen molar-refractivity contribution in [3.8, 4) is 0 Å². The number of nitrogens with two attached hydrogens (primary N) is 1. The molecule has 1 heterocycles. The summed E-state index contributed by atoms with van der Waals surface area (Å²) in [7, 11) is 0. The van der Waals surface area contributed by atoms with Crippen molar-refractivity contribution in [3.05, 3.63) is 29.3 Å². The molecule has 1 atom stereocenters. The summed E-state index contributed by atoms with van der Waals surface area (Å²) >= 11 is 0. The number of anilines is 1. The Kier molecular flexibility index (Phi) is 4.09. The van der Waals surface area contributed by atoms with Crippen molar-refractivity contribution in [2.24, 2.45) is 5.73 Å². The third kappa shape index (κ3) is 2.75. The Balaban J connectivity index is 0.00000144. The summed E-state index contributed by atoms with van der Waals surface area (Å²) in [5.41, 5.74) is 7.59. The topological polar surface area (TPSA) is 84.2 Å². The second-order valence-corrected chi connectivity index (χ2v) is 3.83. The SMILES string of the molecule is CC(N)C(=O)Nc1ccc2c(c1)C(=O)NC2.Cl. The number of halogens is 1. The average Bonchev–Trinajstić information content (AvgIpc) is 2.60. The number of amides is 2. The van der Waals surface area contributed by atoms with Gasteiger partial charge in [-0.25, -0.2) is 0 Å². The minimum atomic E-state index is -0.568. The van der Waals surface area contributed by atoms with Gasteiger partial charge in [0.05, 0.1) is 6.04 Å². The first-order chi connectivity index (χ1) is 7.58. The molecular formula is C11H14ClN3O2. The van der Waals surface area contributed by atoms with E-state index >= 15 is 0 Å². The molecule has 0 fully saturated rings. The number of benzene rings is 1. The number of fused-ring (bicyclic) bond motifs is 1. The van der Waals surface area contributed by atoms with Crippen molar-refractivity contribution < 1.29 is 9.59 Å². The Morgan fingerprint density at radius 3 is 2.88 bits per heavy atom. The Bertz CT molecular complexity index is 460. The fraction of sp³-hybridized carbons (Fsp3) is 0.273. The lowest BCUT2D eigenvalue weighted by molar-refractivity contribution is -0.117. The van der Waals surface area contributed by atoms with E-state index in [1.165, 1.54) is 0 Å². The summed E-state index contributed by atoms with van der Waals surface area (Å²) in [4.78, 5) is 22.7. The maximum atomic E-state index is 11.4. The van der Waals surface area contributed by atoms with E-state index in [1.54, 1.807) is 19.1 Å². The van der Waals surface area contributed by atoms with Crippen molar-refractivity contribution in [3.63, 3.8) is 0 Å². The molecule has 5 nitrogen and oxygen atoms in total. The number of carbonyl (C=O) groups is 2. The van der Waals surface area contributed by atoms with E-state index in [2.05, 4.69) is 10.6 Å². The molecule has 0 spiro atoms. The molecule has 0 aromatic heterocycles. The third-order valence-corrected chi connectivity index (χ3v) is 2.47. The molecule has 1 unspecified atom stereocenters. The van der Waals surface area contributed by atoms with Crippen LogP contribution in [0.25, 0.3) is 0 Å². The molecule has 1 aliphatic rings. The van der Waals surface area contributed by atoms with Gasteiger partial charge in [-0.15, -0.1) is 12.4 Å². The number of hydrogen-bond acceptors (Lipinski definition) is 3. The van der Waals surface area contributed by atoms with Gasteiger partial charge >= 0.3 is 0 Å². The molecule has 2 amide bonds. The van der Waals surface area contributed by atoms with Gasteiger partial charge in [0.15, 0.2) is 0 Å². The van der Waals surface area contributed by atoms with Crippen molar-refractivity contribution in [1.29, 1.82) is 0 Å². The van der Waals surface area contributed by atoms with Crippen LogP contribution in [0.2, 0.25) is 0 Å². The average molecular weight is 256 g/mol. The van der Waals surface area contributed by atoms with Gasteiger partial charge in [0.25, 0.3) is 5.91 Å². The van der Waals surface area contributed by atoms with Crippen LogP contribution in [0.15, 0.2) is 18.2 Å². The minimum Gasteiger partial charge on any atom is -0.348 e. The fourth-order valence-corrected chi connectivity index (χ4v) is 1.55. The number of nitrogens with one attached hydrogen (secondary N) is 2. The second kappa shape index (κ2) is 5.16. The molecule has 0 bridgehead atoms. The van der Waals surface area contributed by atoms with Gasteiger partial charge in [0, 0.05) is 17.8 Å². The van der Waals surface area contributed by atoms with Gasteiger partial charge in [0.2, 0.25) is 5.91 Å². The van der Waals surface area contributed by atoms with Crippen LogP contribution in [-0.4, -0.2) is 17.9 Å². The molecule has 1 aromatic carbocycles. The van der Waals surface area contributed by atoms with Crippen LogP contribution >= 0.6 is 12.4 Å². The summed E-state index contributed by atoms with van der Waals surface area (Å²) in [6.07, 6.45) is 0. The highest BCUT2D eigenvalue weighted by Crippen LogP contribution is 2.20. The smallest absolute Gasteiger partial charge is 0.251 e. The lowest BCUT2D eigenvalue weighted by Gasteiger charge is -2.08. The quantitative estimate of drug-likeness (QED) is 0.725. The fourth-order valence-electron chi connectivity index (χ4n) is 1.55. The lowest BCUT2D eigenvalue weighted by Crippen LogP contribution is -2.32. The van der Waals surface area contributed by atoms with Crippen LogP contribution in [0.5, 0.6) is 0 Å². The van der Waals surface area contributed by atoms with Gasteiger partial charge < -0.3 is 16.4 Å². The van der Waals surface area contributed by atoms with Crippen molar-refractivity contribution in [2.45, 2.75) is 19.5 Å². The van der Waals surface area contributed by atoms with Gasteiger partial charge in [0.1, 0.15) is 0 Å². The molecule has 4 N–H and O–H groups in total. The molecule has 6 heteroatoms. The van der Waals surface area contributed by atoms with E-state index in [0.29, 0.717) is 17.8 Å². The van der Waals surface area contributed by atoms with Crippen molar-refractivity contribution in [2.75, 3.05) is 5.32 Å². The van der Waals surface area contributed by atoms with Crippen molar-refractivity contribution in [1.82, 2.24) is 5.32 Å². The number of carbonyl (C=O) groups excluding carboxylic acids is 2. The van der Waals surface area contributed by atoms with Crippen LogP contribution in [0, 0.1) is 0 Å². The highest BCUT2D eigenvalue weighted by atomic mass is 35.5. The summed E-state index contributed by atoms with van der Waals surface area (Å²) < 4.78 is 0. The van der Waals surface area contributed by atoms with E-state index in [4.69, 9.17) is 5.73 Å². The normalized spacial score (nSPS) is 14.4. The predicted octanol–water partition coefficient (Wildman–Crippen LogP) is 0.637. The Labute approximate surface area is 105 Å². The Hall–Kier alpha value is -1.59. The first-order valence-electron chi connectivity index (χ1n) is 5.05. The first-order valence-corrected chi connectivity index (χ1v) is 5.05. The molecule has 2 rings (SSSR count). The van der Waals surface area contributed by atoms with E-state index in [9.17, 15) is 9.59 Å². The Morgan fingerprint density at radius 1 is 1.53 bits per heavy atom. The van der Waals surface area contributed by atoms with Crippen LogP contribution in [0.4, 0.5) is 5.69 Å². The highest BCUT2D eigenvalue weighted by molar-refractivity contribution is 6.01. The highest BCUT2D eigenvalue weighted by Gasteiger charge is 2.19. The standard InChI is InChI=1S/C11H13N3O2.ClH/c1-6(12)10(15)14-8-3-2-7-5-13-11(16)9(7)4-8;/h2-4,6H,5,12H2,1H3,(H,13,16)(H,14,15);1H. The number of rotatable bonds is 2. The minimum absolute atomic E-state index is 0. The second-order valence-electron chi connectivity index (χ2n) is 3.83. The molecule has 0 aliphatic carbocycles. The zero-order valence-corrected chi connectivity index (χ0v) is 10.1. The summed E-state index contributed by atoms with van der Waals surface area (Å²) in [6.45, 7) is 2.16. The lowest BCUT2D eigenvalue weighted by atomic mass is 10.1. The molecule has 92 valence electrons. The van der Waals surface area contributed by atoms with E-state index < -0.39 is 6.04 Å². The maximum Gasteiger partial charge on any atom is 0.251 e. The van der Waals surface area contributed by atoms with Gasteiger partial charge in [-0.2, -0.15) is 0 Å². The van der Waals surface area contributed by atoms with Gasteiger partial charge in [-0.3, -0.25) is 9.59 Å². The summed E-state index contributed by atoms with van der Waals surface area (Å²) in [5, 5.41) is 5.36. The zero-order valence-electron chi connectivity index (χ0n) is 9.32. The number of hydrogen-bond donors (Lipinski definition) is 3.